The molecule has 1 fully saturated rings. The van der Waals surface area contributed by atoms with Crippen LogP contribution in [0.5, 0.6) is 5.75 Å². The van der Waals surface area contributed by atoms with Crippen molar-refractivity contribution >= 4 is 45.7 Å². The Bertz CT molecular complexity index is 1730. The molecule has 3 N–H and O–H groups in total. The number of hydrogen-bond acceptors (Lipinski definition) is 4. The molecular formula is C35H37ClFN5O3. The number of carbonyl (C=O) groups excluding carboxylic acids is 2. The van der Waals surface area contributed by atoms with Gasteiger partial charge < -0.3 is 30.2 Å². The largest absolute Gasteiger partial charge is 0.490 e. The molecule has 234 valence electrons. The maximum atomic E-state index is 14.6. The number of nitrogens with one attached hydrogen (secondary N) is 3. The number of aromatic nitrogens is 1. The number of likely N-dealkylation sites (tertiary alicyclic amines) is 1. The number of urea groups is 1. The van der Waals surface area contributed by atoms with E-state index in [4.69, 9.17) is 16.3 Å². The Labute approximate surface area is 267 Å². The monoisotopic (exact) mass is 629 g/mol. The summed E-state index contributed by atoms with van der Waals surface area (Å²) < 4.78 is 19.3. The number of hydrogen-bond donors (Lipinski definition) is 3. The molecule has 3 aromatic carbocycles. The van der Waals surface area contributed by atoms with Gasteiger partial charge in [0.25, 0.3) is 5.91 Å². The van der Waals surface area contributed by atoms with Gasteiger partial charge in [0.1, 0.15) is 23.4 Å². The number of halogens is 2. The van der Waals surface area contributed by atoms with E-state index in [9.17, 15) is 14.0 Å². The fourth-order valence-corrected chi connectivity index (χ4v) is 6.55. The molecule has 3 amide bonds. The average molecular weight is 630 g/mol. The van der Waals surface area contributed by atoms with E-state index in [1.165, 1.54) is 12.1 Å². The van der Waals surface area contributed by atoms with Gasteiger partial charge in [-0.1, -0.05) is 29.8 Å². The number of nitrogens with zero attached hydrogens (tertiary/aromatic N) is 2. The van der Waals surface area contributed by atoms with E-state index in [0.717, 1.165) is 40.7 Å². The lowest BCUT2D eigenvalue weighted by Gasteiger charge is -2.36. The highest BCUT2D eigenvalue weighted by atomic mass is 35.5. The van der Waals surface area contributed by atoms with E-state index in [2.05, 4.69) is 15.6 Å². The number of ether oxygens (including phenoxy) is 1. The molecule has 1 atom stereocenters. The summed E-state index contributed by atoms with van der Waals surface area (Å²) in [6.07, 6.45) is 3.81. The van der Waals surface area contributed by atoms with Crippen LogP contribution in [-0.4, -0.2) is 61.2 Å². The number of benzene rings is 3. The summed E-state index contributed by atoms with van der Waals surface area (Å²) in [7, 11) is 1.90. The minimum atomic E-state index is -0.335. The van der Waals surface area contributed by atoms with E-state index in [-0.39, 0.29) is 35.5 Å². The summed E-state index contributed by atoms with van der Waals surface area (Å²) >= 11 is 6.36. The smallest absolute Gasteiger partial charge is 0.322 e. The van der Waals surface area contributed by atoms with Gasteiger partial charge in [-0.05, 0) is 92.5 Å². The number of amides is 3. The molecule has 0 aliphatic carbocycles. The Hall–Kier alpha value is -4.34. The summed E-state index contributed by atoms with van der Waals surface area (Å²) in [5, 5.41) is 7.86. The van der Waals surface area contributed by atoms with E-state index in [1.54, 1.807) is 28.0 Å². The summed E-state index contributed by atoms with van der Waals surface area (Å²) in [6.45, 7) is 4.03. The van der Waals surface area contributed by atoms with Crippen molar-refractivity contribution in [2.45, 2.75) is 32.3 Å². The molecule has 10 heteroatoms. The highest BCUT2D eigenvalue weighted by molar-refractivity contribution is 6.30. The molecule has 2 aliphatic heterocycles. The van der Waals surface area contributed by atoms with Crippen molar-refractivity contribution in [1.82, 2.24) is 20.5 Å². The molecule has 1 aromatic heterocycles. The lowest BCUT2D eigenvalue weighted by molar-refractivity contribution is -0.115. The highest BCUT2D eigenvalue weighted by Crippen LogP contribution is 2.34. The van der Waals surface area contributed by atoms with Gasteiger partial charge in [0, 0.05) is 65.8 Å². The third kappa shape index (κ3) is 6.70. The number of H-pyrrole nitrogens is 1. The van der Waals surface area contributed by atoms with Gasteiger partial charge >= 0.3 is 6.03 Å². The summed E-state index contributed by atoms with van der Waals surface area (Å²) in [5.41, 5.74) is 4.50. The summed E-state index contributed by atoms with van der Waals surface area (Å²) in [5.74, 6) is 0.189. The van der Waals surface area contributed by atoms with E-state index >= 15 is 0 Å². The second-order valence-electron chi connectivity index (χ2n) is 11.8. The molecule has 0 spiro atoms. The minimum Gasteiger partial charge on any atom is -0.490 e. The molecule has 0 radical (unpaired) electrons. The first-order valence-electron chi connectivity index (χ1n) is 15.3. The van der Waals surface area contributed by atoms with Crippen LogP contribution in [0, 0.1) is 11.7 Å². The number of carbonyl (C=O) groups is 2. The van der Waals surface area contributed by atoms with Crippen molar-refractivity contribution < 1.29 is 18.7 Å². The maximum absolute atomic E-state index is 14.6. The van der Waals surface area contributed by atoms with Crippen LogP contribution < -0.4 is 20.3 Å². The van der Waals surface area contributed by atoms with Crippen molar-refractivity contribution in [1.29, 1.82) is 0 Å². The number of anilines is 1. The van der Waals surface area contributed by atoms with Gasteiger partial charge in [-0.2, -0.15) is 0 Å². The highest BCUT2D eigenvalue weighted by Gasteiger charge is 2.33. The molecule has 2 aliphatic rings. The fraction of sp³-hybridized carbons (Fsp3) is 0.314. The number of aromatic amines is 1. The Morgan fingerprint density at radius 1 is 1.07 bits per heavy atom. The Morgan fingerprint density at radius 2 is 1.82 bits per heavy atom. The van der Waals surface area contributed by atoms with Crippen LogP contribution in [-0.2, 0) is 11.2 Å². The predicted octanol–water partition coefficient (Wildman–Crippen LogP) is 6.37. The topological polar surface area (TPSA) is 89.7 Å². The van der Waals surface area contributed by atoms with Crippen molar-refractivity contribution in [3.8, 4) is 5.75 Å². The average Bonchev–Trinajstić information content (AvgIpc) is 3.48. The van der Waals surface area contributed by atoms with Crippen LogP contribution >= 0.6 is 11.6 Å². The van der Waals surface area contributed by atoms with Crippen molar-refractivity contribution in [3.63, 3.8) is 0 Å². The first kappa shape index (κ1) is 30.7. The first-order valence-corrected chi connectivity index (χ1v) is 15.7. The molecule has 0 unspecified atom stereocenters. The van der Waals surface area contributed by atoms with Crippen molar-refractivity contribution in [2.75, 3.05) is 38.1 Å². The zero-order chi connectivity index (χ0) is 31.5. The molecule has 6 rings (SSSR count). The second-order valence-corrected chi connectivity index (χ2v) is 12.2. The van der Waals surface area contributed by atoms with Gasteiger partial charge in [-0.3, -0.25) is 4.79 Å². The molecule has 0 saturated carbocycles. The fourth-order valence-electron chi connectivity index (χ4n) is 6.36. The van der Waals surface area contributed by atoms with Crippen molar-refractivity contribution in [3.05, 3.63) is 101 Å². The van der Waals surface area contributed by atoms with Gasteiger partial charge in [0.2, 0.25) is 0 Å². The Balaban J connectivity index is 1.28. The van der Waals surface area contributed by atoms with Crippen LogP contribution in [0.1, 0.15) is 30.9 Å². The number of para-hydroxylation sites is 1. The van der Waals surface area contributed by atoms with Gasteiger partial charge in [-0.25, -0.2) is 9.18 Å². The number of allylic oxidation sites excluding steroid dienone is 1. The molecule has 8 nitrogen and oxygen atoms in total. The number of fused-ring (bicyclic) bond motifs is 2. The van der Waals surface area contributed by atoms with Crippen LogP contribution in [0.4, 0.5) is 14.9 Å². The van der Waals surface area contributed by atoms with Gasteiger partial charge in [-0.15, -0.1) is 0 Å². The summed E-state index contributed by atoms with van der Waals surface area (Å²) in [6, 6.07) is 19.1. The zero-order valence-corrected chi connectivity index (χ0v) is 26.2. The Kier molecular flexibility index (Phi) is 9.09. The number of piperidine rings is 1. The quantitative estimate of drug-likeness (QED) is 0.207. The third-order valence-electron chi connectivity index (χ3n) is 8.68. The van der Waals surface area contributed by atoms with E-state index in [1.807, 2.05) is 56.6 Å². The van der Waals surface area contributed by atoms with Crippen LogP contribution in [0.2, 0.25) is 5.02 Å². The molecular weight excluding hydrogens is 593 g/mol. The van der Waals surface area contributed by atoms with Crippen LogP contribution in [0.15, 0.2) is 78.6 Å². The molecule has 4 aromatic rings. The zero-order valence-electron chi connectivity index (χ0n) is 25.4. The summed E-state index contributed by atoms with van der Waals surface area (Å²) in [4.78, 5) is 35.2. The lowest BCUT2D eigenvalue weighted by Crippen LogP contribution is -2.50. The van der Waals surface area contributed by atoms with Gasteiger partial charge in [0.05, 0.1) is 0 Å². The molecule has 1 saturated heterocycles. The third-order valence-corrected chi connectivity index (χ3v) is 8.91. The molecule has 45 heavy (non-hydrogen) atoms. The molecule has 0 bridgehead atoms. The standard InChI is InChI=1S/C35H37ClFN5O3/c1-22(30-20-39-31-6-4-3-5-29(30)31)33(34(43)42-21-23(19-38-2)17-24-18-25(36)7-12-32(24)42)40-35(44)41-15-13-28(14-16-41)45-27-10-8-26(37)9-11-27/h3-12,18,20,23,28,38-39H,13-17,19,21H2,1-2H3,(H,40,44)/t23-/m1/s1. The molecule has 3 heterocycles. The predicted molar refractivity (Wildman–Crippen MR) is 176 cm³/mol. The van der Waals surface area contributed by atoms with E-state index in [0.29, 0.717) is 48.8 Å². The minimum absolute atomic E-state index is 0.0927. The SMILES string of the molecule is CNC[C@H]1Cc2cc(Cl)ccc2N(C(=O)C(NC(=O)N2CCC(Oc3ccc(F)cc3)CC2)=C(C)c2c[nH]c3ccccc23)C1. The normalized spacial score (nSPS) is 17.6. The van der Waals surface area contributed by atoms with Crippen LogP contribution in [0.25, 0.3) is 16.5 Å². The number of rotatable bonds is 7. The maximum Gasteiger partial charge on any atom is 0.322 e. The Morgan fingerprint density at radius 3 is 2.58 bits per heavy atom. The van der Waals surface area contributed by atoms with Crippen molar-refractivity contribution in [2.24, 2.45) is 5.92 Å². The van der Waals surface area contributed by atoms with Crippen LogP contribution in [0.3, 0.4) is 0 Å². The first-order chi connectivity index (χ1) is 21.8. The van der Waals surface area contributed by atoms with Gasteiger partial charge in [0.15, 0.2) is 0 Å². The van der Waals surface area contributed by atoms with E-state index < -0.39 is 0 Å². The lowest BCUT2D eigenvalue weighted by atomic mass is 9.91. The second kappa shape index (κ2) is 13.3.